The van der Waals surface area contributed by atoms with Crippen LogP contribution in [0.4, 0.5) is 0 Å². The van der Waals surface area contributed by atoms with E-state index in [1.165, 1.54) is 64.2 Å². The van der Waals surface area contributed by atoms with Crippen molar-refractivity contribution in [2.24, 2.45) is 0 Å². The molecular formula is C16H31OP. The van der Waals surface area contributed by atoms with Crippen molar-refractivity contribution in [3.8, 4) is 0 Å². The zero-order valence-corrected chi connectivity index (χ0v) is 13.1. The molecule has 0 aromatic heterocycles. The summed E-state index contributed by atoms with van der Waals surface area (Å²) in [6.45, 7) is 2.27. The molecule has 0 spiro atoms. The third-order valence-electron chi connectivity index (χ3n) is 3.96. The summed E-state index contributed by atoms with van der Waals surface area (Å²) in [5, 5.41) is 0. The summed E-state index contributed by atoms with van der Waals surface area (Å²) in [6.07, 6.45) is 20.6. The predicted octanol–water partition coefficient (Wildman–Crippen LogP) is 5.84. The van der Waals surface area contributed by atoms with E-state index in [0.29, 0.717) is 0 Å². The first kappa shape index (κ1) is 16.0. The second kappa shape index (κ2) is 9.84. The van der Waals surface area contributed by atoms with Gasteiger partial charge in [0.1, 0.15) is 0 Å². The van der Waals surface area contributed by atoms with Gasteiger partial charge in [0.2, 0.25) is 0 Å². The van der Waals surface area contributed by atoms with Crippen LogP contribution in [-0.2, 0) is 4.57 Å². The molecule has 0 aliphatic carbocycles. The second-order valence-corrected chi connectivity index (χ2v) is 9.09. The van der Waals surface area contributed by atoms with Gasteiger partial charge in [0.15, 0.2) is 0 Å². The van der Waals surface area contributed by atoms with E-state index >= 15 is 0 Å². The van der Waals surface area contributed by atoms with Crippen LogP contribution in [0.25, 0.3) is 0 Å². The Kier molecular flexibility index (Phi) is 8.76. The SMILES string of the molecule is CCCCCCCCCCCCP1(=O)CC=CC1. The highest BCUT2D eigenvalue weighted by molar-refractivity contribution is 7.64. The van der Waals surface area contributed by atoms with Crippen molar-refractivity contribution < 1.29 is 4.57 Å². The molecule has 0 amide bonds. The molecule has 0 bridgehead atoms. The van der Waals surface area contributed by atoms with Gasteiger partial charge in [-0.2, -0.15) is 0 Å². The third kappa shape index (κ3) is 7.41. The van der Waals surface area contributed by atoms with E-state index in [1.807, 2.05) is 0 Å². The maximum Gasteiger partial charge on any atom is 0.0949 e. The summed E-state index contributed by atoms with van der Waals surface area (Å²) in [7, 11) is -1.76. The smallest absolute Gasteiger partial charge is 0.0949 e. The zero-order valence-electron chi connectivity index (χ0n) is 12.2. The number of rotatable bonds is 11. The Bertz CT molecular complexity index is 258. The normalized spacial score (nSPS) is 17.4. The largest absolute Gasteiger partial charge is 0.323 e. The lowest BCUT2D eigenvalue weighted by Gasteiger charge is -2.10. The van der Waals surface area contributed by atoms with Gasteiger partial charge in [-0.3, -0.25) is 0 Å². The summed E-state index contributed by atoms with van der Waals surface area (Å²) in [4.78, 5) is 0. The van der Waals surface area contributed by atoms with Gasteiger partial charge in [-0.15, -0.1) is 0 Å². The van der Waals surface area contributed by atoms with Crippen molar-refractivity contribution in [2.75, 3.05) is 18.5 Å². The van der Waals surface area contributed by atoms with Gasteiger partial charge in [-0.25, -0.2) is 0 Å². The van der Waals surface area contributed by atoms with E-state index in [1.54, 1.807) is 0 Å². The molecule has 1 nitrogen and oxygen atoms in total. The fourth-order valence-electron chi connectivity index (χ4n) is 2.68. The van der Waals surface area contributed by atoms with Gasteiger partial charge < -0.3 is 4.57 Å². The molecule has 0 N–H and O–H groups in total. The molecule has 106 valence electrons. The molecule has 2 heteroatoms. The van der Waals surface area contributed by atoms with Crippen molar-refractivity contribution in [3.05, 3.63) is 12.2 Å². The van der Waals surface area contributed by atoms with E-state index < -0.39 is 7.14 Å². The maximum atomic E-state index is 12.2. The number of hydrogen-bond acceptors (Lipinski definition) is 1. The molecular weight excluding hydrogens is 239 g/mol. The Labute approximate surface area is 114 Å². The Hall–Kier alpha value is -0.0300. The summed E-state index contributed by atoms with van der Waals surface area (Å²) in [5.41, 5.74) is 0. The second-order valence-electron chi connectivity index (χ2n) is 5.80. The average Bonchev–Trinajstić information content (AvgIpc) is 2.79. The first-order valence-electron chi connectivity index (χ1n) is 7.99. The topological polar surface area (TPSA) is 17.1 Å². The first-order valence-corrected chi connectivity index (χ1v) is 10.3. The number of hydrogen-bond donors (Lipinski definition) is 0. The minimum absolute atomic E-state index is 0.879. The summed E-state index contributed by atoms with van der Waals surface area (Å²) in [6, 6.07) is 0. The maximum absolute atomic E-state index is 12.2. The van der Waals surface area contributed by atoms with E-state index in [9.17, 15) is 4.57 Å². The highest BCUT2D eigenvalue weighted by Crippen LogP contribution is 2.49. The zero-order chi connectivity index (χ0) is 13.1. The van der Waals surface area contributed by atoms with Gasteiger partial charge in [0, 0.05) is 18.5 Å². The number of allylic oxidation sites excluding steroid dienone is 2. The monoisotopic (exact) mass is 270 g/mol. The van der Waals surface area contributed by atoms with Crippen LogP contribution in [-0.4, -0.2) is 18.5 Å². The molecule has 18 heavy (non-hydrogen) atoms. The minimum atomic E-state index is -1.76. The Balaban J connectivity index is 1.80. The van der Waals surface area contributed by atoms with Gasteiger partial charge >= 0.3 is 0 Å². The van der Waals surface area contributed by atoms with Crippen molar-refractivity contribution in [3.63, 3.8) is 0 Å². The lowest BCUT2D eigenvalue weighted by atomic mass is 10.1. The fraction of sp³-hybridized carbons (Fsp3) is 0.875. The van der Waals surface area contributed by atoms with Gasteiger partial charge in [0.25, 0.3) is 0 Å². The first-order chi connectivity index (χ1) is 8.77. The van der Waals surface area contributed by atoms with Crippen LogP contribution in [0.3, 0.4) is 0 Å². The van der Waals surface area contributed by atoms with Crippen LogP contribution in [0.15, 0.2) is 12.2 Å². The summed E-state index contributed by atoms with van der Waals surface area (Å²) in [5.74, 6) is 0. The van der Waals surface area contributed by atoms with Gasteiger partial charge in [-0.1, -0.05) is 76.9 Å². The molecule has 1 aliphatic rings. The van der Waals surface area contributed by atoms with Crippen LogP contribution in [0.1, 0.15) is 71.1 Å². The van der Waals surface area contributed by atoms with Crippen LogP contribution >= 0.6 is 7.14 Å². The van der Waals surface area contributed by atoms with Crippen LogP contribution < -0.4 is 0 Å². The molecule has 1 rings (SSSR count). The Morgan fingerprint density at radius 2 is 1.22 bits per heavy atom. The summed E-state index contributed by atoms with van der Waals surface area (Å²) < 4.78 is 12.2. The molecule has 0 aromatic carbocycles. The highest BCUT2D eigenvalue weighted by Gasteiger charge is 2.21. The molecule has 1 aliphatic heterocycles. The molecule has 0 unspecified atom stereocenters. The van der Waals surface area contributed by atoms with Gasteiger partial charge in [0.05, 0.1) is 7.14 Å². The lowest BCUT2D eigenvalue weighted by Crippen LogP contribution is -1.93. The molecule has 0 saturated carbocycles. The molecule has 0 aromatic rings. The van der Waals surface area contributed by atoms with E-state index in [2.05, 4.69) is 19.1 Å². The number of unbranched alkanes of at least 4 members (excludes halogenated alkanes) is 9. The van der Waals surface area contributed by atoms with E-state index in [-0.39, 0.29) is 0 Å². The predicted molar refractivity (Wildman–Crippen MR) is 83.2 cm³/mol. The molecule has 0 fully saturated rings. The van der Waals surface area contributed by atoms with E-state index in [0.717, 1.165) is 18.5 Å². The minimum Gasteiger partial charge on any atom is -0.323 e. The van der Waals surface area contributed by atoms with Crippen LogP contribution in [0, 0.1) is 0 Å². The van der Waals surface area contributed by atoms with E-state index in [4.69, 9.17) is 0 Å². The quantitative estimate of drug-likeness (QED) is 0.262. The molecule has 0 atom stereocenters. The lowest BCUT2D eigenvalue weighted by molar-refractivity contribution is 0.556. The highest BCUT2D eigenvalue weighted by atomic mass is 31.2. The fourth-order valence-corrected chi connectivity index (χ4v) is 5.06. The van der Waals surface area contributed by atoms with Crippen LogP contribution in [0.2, 0.25) is 0 Å². The Morgan fingerprint density at radius 3 is 1.72 bits per heavy atom. The summed E-state index contributed by atoms with van der Waals surface area (Å²) >= 11 is 0. The Morgan fingerprint density at radius 1 is 0.778 bits per heavy atom. The van der Waals surface area contributed by atoms with Crippen molar-refractivity contribution in [1.82, 2.24) is 0 Å². The average molecular weight is 270 g/mol. The molecule has 1 heterocycles. The van der Waals surface area contributed by atoms with Crippen molar-refractivity contribution >= 4 is 7.14 Å². The third-order valence-corrected chi connectivity index (χ3v) is 6.85. The molecule has 0 saturated heterocycles. The van der Waals surface area contributed by atoms with Crippen LogP contribution in [0.5, 0.6) is 0 Å². The van der Waals surface area contributed by atoms with Gasteiger partial charge in [-0.05, 0) is 6.42 Å². The van der Waals surface area contributed by atoms with Crippen molar-refractivity contribution in [1.29, 1.82) is 0 Å². The van der Waals surface area contributed by atoms with Crippen molar-refractivity contribution in [2.45, 2.75) is 71.1 Å². The standard InChI is InChI=1S/C16H31OP/c1-2-3-4-5-6-7-8-9-10-11-14-18(17)15-12-13-16-18/h12-13H,2-11,14-16H2,1H3. The molecule has 0 radical (unpaired) electrons.